The monoisotopic (exact) mass is 512 g/mol. The number of fused-ring (bicyclic) bond motifs is 2. The van der Waals surface area contributed by atoms with Gasteiger partial charge in [0.25, 0.3) is 5.91 Å². The van der Waals surface area contributed by atoms with Crippen molar-refractivity contribution in [2.45, 2.75) is 45.1 Å². The van der Waals surface area contributed by atoms with Crippen LogP contribution in [0, 0.1) is 12.8 Å². The molecule has 6 rings (SSSR count). The maximum absolute atomic E-state index is 13.1. The number of nitrogens with one attached hydrogen (secondary N) is 3. The zero-order valence-corrected chi connectivity index (χ0v) is 21.7. The lowest BCUT2D eigenvalue weighted by atomic mass is 9.92. The van der Waals surface area contributed by atoms with Crippen LogP contribution >= 0.6 is 0 Å². The zero-order chi connectivity index (χ0) is 26.2. The Kier molecular flexibility index (Phi) is 6.40. The number of carbonyl (C=O) groups excluding carboxylic acids is 2. The molecule has 10 nitrogen and oxygen atoms in total. The summed E-state index contributed by atoms with van der Waals surface area (Å²) in [5, 5.41) is 10.9. The van der Waals surface area contributed by atoms with E-state index in [9.17, 15) is 9.59 Å². The first-order chi connectivity index (χ1) is 18.4. The second kappa shape index (κ2) is 10.0. The van der Waals surface area contributed by atoms with Crippen LogP contribution in [-0.2, 0) is 11.8 Å². The first-order valence-corrected chi connectivity index (χ1v) is 13.2. The van der Waals surface area contributed by atoms with Crippen molar-refractivity contribution in [1.29, 1.82) is 0 Å². The number of hydrogen-bond acceptors (Lipinski definition) is 6. The van der Waals surface area contributed by atoms with Gasteiger partial charge < -0.3 is 15.6 Å². The van der Waals surface area contributed by atoms with Crippen LogP contribution in [0.2, 0.25) is 0 Å². The van der Waals surface area contributed by atoms with Gasteiger partial charge in [-0.15, -0.1) is 0 Å². The minimum atomic E-state index is -0.294. The molecule has 10 heteroatoms. The second-order valence-corrected chi connectivity index (χ2v) is 10.5. The fourth-order valence-corrected chi connectivity index (χ4v) is 5.92. The molecule has 5 heterocycles. The number of anilines is 2. The van der Waals surface area contributed by atoms with Gasteiger partial charge in [-0.25, -0.2) is 4.98 Å². The Labute approximate surface area is 220 Å². The van der Waals surface area contributed by atoms with E-state index in [-0.39, 0.29) is 11.8 Å². The molecule has 2 unspecified atom stereocenters. The lowest BCUT2D eigenvalue weighted by Crippen LogP contribution is -2.46. The third-order valence-corrected chi connectivity index (χ3v) is 7.82. The Morgan fingerprint density at radius 3 is 2.76 bits per heavy atom. The molecule has 1 aliphatic heterocycles. The normalized spacial score (nSPS) is 19.4. The fourth-order valence-electron chi connectivity index (χ4n) is 5.92. The largest absolute Gasteiger partial charge is 0.339 e. The summed E-state index contributed by atoms with van der Waals surface area (Å²) in [5.74, 6) is 0.394. The SMILES string of the molecule is Cc1ncc(NC(=O)CN2CCCC3CCCC32)cc1NC(=O)c1cnc2[nH]c(-c3cnn(C)c3)cc2c1. The van der Waals surface area contributed by atoms with Gasteiger partial charge >= 0.3 is 0 Å². The van der Waals surface area contributed by atoms with E-state index in [2.05, 4.69) is 35.6 Å². The standard InChI is InChI=1S/C28H32N8O2/c1-17-23(11-22(14-29-17)32-26(37)16-36-8-4-6-18-5-3-7-25(18)36)34-28(38)20-9-19-10-24(33-27(19)30-12-20)21-13-31-35(2)15-21/h9-15,18,25H,3-8,16H2,1-2H3,(H,30,33)(H,32,37)(H,34,38). The number of pyridine rings is 2. The Morgan fingerprint density at radius 1 is 1.05 bits per heavy atom. The van der Waals surface area contributed by atoms with Crippen molar-refractivity contribution in [3.05, 3.63) is 54.2 Å². The number of likely N-dealkylation sites (tertiary alicyclic amines) is 1. The predicted molar refractivity (Wildman–Crippen MR) is 146 cm³/mol. The third-order valence-electron chi connectivity index (χ3n) is 7.82. The number of piperidine rings is 1. The Hall–Kier alpha value is -4.05. The highest BCUT2D eigenvalue weighted by atomic mass is 16.2. The first-order valence-electron chi connectivity index (χ1n) is 13.2. The van der Waals surface area contributed by atoms with Crippen LogP contribution in [-0.4, -0.2) is 60.6 Å². The number of rotatable bonds is 6. The van der Waals surface area contributed by atoms with Crippen LogP contribution in [0.5, 0.6) is 0 Å². The van der Waals surface area contributed by atoms with Crippen LogP contribution in [0.25, 0.3) is 22.3 Å². The number of aromatic nitrogens is 5. The van der Waals surface area contributed by atoms with Crippen LogP contribution in [0.3, 0.4) is 0 Å². The van der Waals surface area contributed by atoms with E-state index < -0.39 is 0 Å². The van der Waals surface area contributed by atoms with E-state index >= 15 is 0 Å². The summed E-state index contributed by atoms with van der Waals surface area (Å²) in [5.41, 5.74) is 4.73. The summed E-state index contributed by atoms with van der Waals surface area (Å²) in [7, 11) is 1.86. The molecule has 2 amide bonds. The lowest BCUT2D eigenvalue weighted by molar-refractivity contribution is -0.118. The highest BCUT2D eigenvalue weighted by Gasteiger charge is 2.35. The minimum Gasteiger partial charge on any atom is -0.339 e. The van der Waals surface area contributed by atoms with E-state index in [1.165, 1.54) is 25.7 Å². The highest BCUT2D eigenvalue weighted by molar-refractivity contribution is 6.06. The van der Waals surface area contributed by atoms with Crippen LogP contribution in [0.1, 0.15) is 48.2 Å². The first kappa shape index (κ1) is 24.3. The molecule has 3 N–H and O–H groups in total. The summed E-state index contributed by atoms with van der Waals surface area (Å²) in [4.78, 5) is 40.4. The van der Waals surface area contributed by atoms with Crippen molar-refractivity contribution >= 4 is 34.2 Å². The van der Waals surface area contributed by atoms with Gasteiger partial charge in [0, 0.05) is 36.4 Å². The Morgan fingerprint density at radius 2 is 1.92 bits per heavy atom. The average Bonchev–Trinajstić information content (AvgIpc) is 3.65. The number of aromatic amines is 1. The molecule has 0 radical (unpaired) electrons. The van der Waals surface area contributed by atoms with Gasteiger partial charge in [0.1, 0.15) is 5.65 Å². The summed E-state index contributed by atoms with van der Waals surface area (Å²) >= 11 is 0. The predicted octanol–water partition coefficient (Wildman–Crippen LogP) is 4.12. The number of nitrogens with zero attached hydrogens (tertiary/aromatic N) is 5. The molecule has 1 aliphatic carbocycles. The van der Waals surface area contributed by atoms with Gasteiger partial charge in [-0.2, -0.15) is 5.10 Å². The molecule has 2 fully saturated rings. The molecule has 0 aromatic carbocycles. The molecule has 2 atom stereocenters. The van der Waals surface area contributed by atoms with Crippen LogP contribution < -0.4 is 10.6 Å². The Balaban J connectivity index is 1.13. The van der Waals surface area contributed by atoms with Crippen molar-refractivity contribution in [3.63, 3.8) is 0 Å². The van der Waals surface area contributed by atoms with E-state index in [1.54, 1.807) is 35.4 Å². The van der Waals surface area contributed by atoms with E-state index in [0.717, 1.165) is 35.5 Å². The molecular weight excluding hydrogens is 480 g/mol. The molecule has 0 spiro atoms. The highest BCUT2D eigenvalue weighted by Crippen LogP contribution is 2.36. The van der Waals surface area contributed by atoms with Crippen LogP contribution in [0.15, 0.2) is 43.0 Å². The van der Waals surface area contributed by atoms with Crippen molar-refractivity contribution < 1.29 is 9.59 Å². The molecule has 1 saturated heterocycles. The quantitative estimate of drug-likeness (QED) is 0.357. The van der Waals surface area contributed by atoms with Crippen molar-refractivity contribution in [1.82, 2.24) is 29.6 Å². The second-order valence-electron chi connectivity index (χ2n) is 10.5. The lowest BCUT2D eigenvalue weighted by Gasteiger charge is -2.37. The van der Waals surface area contributed by atoms with E-state index in [0.29, 0.717) is 40.9 Å². The van der Waals surface area contributed by atoms with Crippen molar-refractivity contribution in [2.24, 2.45) is 13.0 Å². The molecular formula is C28H32N8O2. The number of carbonyl (C=O) groups is 2. The van der Waals surface area contributed by atoms with Gasteiger partial charge in [-0.3, -0.25) is 24.2 Å². The molecule has 4 aromatic heterocycles. The summed E-state index contributed by atoms with van der Waals surface area (Å²) in [6.07, 6.45) is 13.0. The zero-order valence-electron chi connectivity index (χ0n) is 21.7. The Bertz CT molecular complexity index is 1510. The maximum Gasteiger partial charge on any atom is 0.257 e. The van der Waals surface area contributed by atoms with Gasteiger partial charge in [0.05, 0.1) is 47.3 Å². The van der Waals surface area contributed by atoms with Gasteiger partial charge in [0.2, 0.25) is 5.91 Å². The number of amides is 2. The van der Waals surface area contributed by atoms with Crippen molar-refractivity contribution in [3.8, 4) is 11.3 Å². The van der Waals surface area contributed by atoms with Gasteiger partial charge in [-0.1, -0.05) is 6.42 Å². The maximum atomic E-state index is 13.1. The molecule has 2 aliphatic rings. The number of hydrogen-bond donors (Lipinski definition) is 3. The topological polar surface area (TPSA) is 121 Å². The summed E-state index contributed by atoms with van der Waals surface area (Å²) < 4.78 is 1.73. The average molecular weight is 513 g/mol. The molecule has 196 valence electrons. The molecule has 4 aromatic rings. The molecule has 1 saturated carbocycles. The van der Waals surface area contributed by atoms with E-state index in [1.807, 2.05) is 26.2 Å². The smallest absolute Gasteiger partial charge is 0.257 e. The van der Waals surface area contributed by atoms with Crippen LogP contribution in [0.4, 0.5) is 11.4 Å². The van der Waals surface area contributed by atoms with Gasteiger partial charge in [-0.05, 0) is 63.3 Å². The number of aryl methyl sites for hydroxylation is 2. The number of H-pyrrole nitrogens is 1. The fraction of sp³-hybridized carbons (Fsp3) is 0.393. The molecule has 0 bridgehead atoms. The molecule has 38 heavy (non-hydrogen) atoms. The van der Waals surface area contributed by atoms with Gasteiger partial charge in [0.15, 0.2) is 0 Å². The van der Waals surface area contributed by atoms with E-state index in [4.69, 9.17) is 0 Å². The summed E-state index contributed by atoms with van der Waals surface area (Å²) in [6.45, 7) is 3.19. The third kappa shape index (κ3) is 4.91. The van der Waals surface area contributed by atoms with Crippen molar-refractivity contribution in [2.75, 3.05) is 23.7 Å². The summed E-state index contributed by atoms with van der Waals surface area (Å²) in [6, 6.07) is 6.05. The minimum absolute atomic E-state index is 0.0491.